The molecule has 0 radical (unpaired) electrons. The Morgan fingerprint density at radius 2 is 1.97 bits per heavy atom. The van der Waals surface area contributed by atoms with Crippen LogP contribution in [0.3, 0.4) is 0 Å². The van der Waals surface area contributed by atoms with E-state index >= 15 is 0 Å². The van der Waals surface area contributed by atoms with E-state index in [1.54, 1.807) is 6.07 Å². The van der Waals surface area contributed by atoms with Crippen LogP contribution in [-0.2, 0) is 11.3 Å². The summed E-state index contributed by atoms with van der Waals surface area (Å²) in [4.78, 5) is 57.2. The average molecular weight is 423 g/mol. The van der Waals surface area contributed by atoms with Gasteiger partial charge in [0.15, 0.2) is 0 Å². The predicted octanol–water partition coefficient (Wildman–Crippen LogP) is 1.82. The Hall–Kier alpha value is -3.75. The molecule has 9 nitrogen and oxygen atoms in total. The zero-order chi connectivity index (χ0) is 22.7. The molecule has 0 aliphatic carbocycles. The summed E-state index contributed by atoms with van der Waals surface area (Å²) in [6.07, 6.45) is 2.00. The lowest BCUT2D eigenvalue weighted by Crippen LogP contribution is -2.35. The van der Waals surface area contributed by atoms with Crippen LogP contribution in [-0.4, -0.2) is 44.8 Å². The van der Waals surface area contributed by atoms with E-state index in [1.807, 2.05) is 32.9 Å². The van der Waals surface area contributed by atoms with E-state index in [4.69, 9.17) is 0 Å². The maximum absolute atomic E-state index is 12.8. The Labute approximate surface area is 178 Å². The van der Waals surface area contributed by atoms with E-state index in [0.29, 0.717) is 18.7 Å². The summed E-state index contributed by atoms with van der Waals surface area (Å²) in [7, 11) is 1.50. The molecular weight excluding hydrogens is 398 g/mol. The summed E-state index contributed by atoms with van der Waals surface area (Å²) >= 11 is 0. The second-order valence-electron chi connectivity index (χ2n) is 7.46. The van der Waals surface area contributed by atoms with E-state index in [9.17, 15) is 19.2 Å². The van der Waals surface area contributed by atoms with Crippen LogP contribution in [0.2, 0.25) is 0 Å². The van der Waals surface area contributed by atoms with Crippen LogP contribution in [0.25, 0.3) is 11.0 Å². The minimum Gasteiger partial charge on any atom is -0.332 e. The number of hydrogen-bond acceptors (Lipinski definition) is 5. The lowest BCUT2D eigenvalue weighted by atomic mass is 10.1. The highest BCUT2D eigenvalue weighted by Gasteiger charge is 2.18. The number of nitrogens with one attached hydrogen (secondary N) is 2. The molecule has 0 atom stereocenters. The largest absolute Gasteiger partial charge is 0.332 e. The molecule has 1 aromatic carbocycles. The molecule has 0 unspecified atom stereocenters. The van der Waals surface area contributed by atoms with Gasteiger partial charge in [0.1, 0.15) is 5.65 Å². The number of carbonyl (C=O) groups excluding carboxylic acids is 2. The number of H-pyrrole nitrogens is 1. The molecule has 31 heavy (non-hydrogen) atoms. The highest BCUT2D eigenvalue weighted by Crippen LogP contribution is 2.18. The van der Waals surface area contributed by atoms with Crippen molar-refractivity contribution in [1.82, 2.24) is 19.4 Å². The van der Waals surface area contributed by atoms with Crippen LogP contribution in [0.5, 0.6) is 0 Å². The molecule has 0 aliphatic heterocycles. The molecule has 2 amide bonds. The maximum Gasteiger partial charge on any atom is 0.329 e. The van der Waals surface area contributed by atoms with E-state index < -0.39 is 17.2 Å². The Balaban J connectivity index is 1.81. The minimum absolute atomic E-state index is 0.145. The molecule has 0 fully saturated rings. The van der Waals surface area contributed by atoms with Crippen molar-refractivity contribution in [3.63, 3.8) is 0 Å². The van der Waals surface area contributed by atoms with E-state index in [2.05, 4.69) is 15.3 Å². The third-order valence-corrected chi connectivity index (χ3v) is 5.13. The average Bonchev–Trinajstić information content (AvgIpc) is 2.73. The van der Waals surface area contributed by atoms with Gasteiger partial charge < -0.3 is 10.2 Å². The van der Waals surface area contributed by atoms with Gasteiger partial charge in [-0.3, -0.25) is 23.9 Å². The topological polar surface area (TPSA) is 117 Å². The van der Waals surface area contributed by atoms with Gasteiger partial charge in [-0.15, -0.1) is 0 Å². The van der Waals surface area contributed by atoms with Gasteiger partial charge in [0.2, 0.25) is 5.91 Å². The number of hydrogen-bond donors (Lipinski definition) is 2. The van der Waals surface area contributed by atoms with Crippen molar-refractivity contribution in [2.24, 2.45) is 0 Å². The van der Waals surface area contributed by atoms with Gasteiger partial charge in [-0.2, -0.15) is 0 Å². The number of aromatic amines is 1. The Morgan fingerprint density at radius 3 is 2.68 bits per heavy atom. The standard InChI is InChI=1S/C22H25N5O4/c1-5-9-27-19-16(20(29)25-22(27)31)10-15(11-23-19)21(30)26(4)12-18(28)24-17-8-6-7-13(2)14(17)3/h6-8,10-11H,5,9,12H2,1-4H3,(H,24,28)(H,25,29,31). The molecule has 9 heteroatoms. The summed E-state index contributed by atoms with van der Waals surface area (Å²) in [5.74, 6) is -0.800. The Bertz CT molecular complexity index is 1280. The SMILES string of the molecule is CCCn1c(=O)[nH]c(=O)c2cc(C(=O)N(C)CC(=O)Nc3cccc(C)c3C)cnc21. The van der Waals surface area contributed by atoms with Crippen molar-refractivity contribution in [1.29, 1.82) is 0 Å². The van der Waals surface area contributed by atoms with Crippen LogP contribution in [0, 0.1) is 13.8 Å². The van der Waals surface area contributed by atoms with Crippen molar-refractivity contribution < 1.29 is 9.59 Å². The summed E-state index contributed by atoms with van der Waals surface area (Å²) in [5, 5.41) is 2.96. The number of pyridine rings is 1. The van der Waals surface area contributed by atoms with Crippen LogP contribution in [0.1, 0.15) is 34.8 Å². The first-order valence-corrected chi connectivity index (χ1v) is 9.97. The molecule has 162 valence electrons. The van der Waals surface area contributed by atoms with Gasteiger partial charge in [0.25, 0.3) is 11.5 Å². The molecule has 3 aromatic rings. The van der Waals surface area contributed by atoms with Gasteiger partial charge in [-0.05, 0) is 43.5 Å². The number of aryl methyl sites for hydroxylation is 2. The first-order valence-electron chi connectivity index (χ1n) is 9.97. The molecule has 0 aliphatic rings. The minimum atomic E-state index is -0.607. The molecule has 2 N–H and O–H groups in total. The summed E-state index contributed by atoms with van der Waals surface area (Å²) in [5.41, 5.74) is 1.94. The van der Waals surface area contributed by atoms with Gasteiger partial charge in [0, 0.05) is 25.5 Å². The molecule has 0 bridgehead atoms. The van der Waals surface area contributed by atoms with Gasteiger partial charge in [-0.25, -0.2) is 9.78 Å². The van der Waals surface area contributed by atoms with Gasteiger partial charge >= 0.3 is 5.69 Å². The Kier molecular flexibility index (Phi) is 6.33. The van der Waals surface area contributed by atoms with Gasteiger partial charge in [-0.1, -0.05) is 19.1 Å². The number of aromatic nitrogens is 3. The smallest absolute Gasteiger partial charge is 0.329 e. The van der Waals surface area contributed by atoms with Crippen LogP contribution in [0.4, 0.5) is 5.69 Å². The lowest BCUT2D eigenvalue weighted by Gasteiger charge is -2.18. The molecule has 0 saturated carbocycles. The van der Waals surface area contributed by atoms with Crippen LogP contribution < -0.4 is 16.6 Å². The zero-order valence-electron chi connectivity index (χ0n) is 18.0. The van der Waals surface area contributed by atoms with Crippen LogP contribution >= 0.6 is 0 Å². The number of anilines is 1. The molecule has 2 heterocycles. The third kappa shape index (κ3) is 4.55. The van der Waals surface area contributed by atoms with E-state index in [0.717, 1.165) is 11.1 Å². The maximum atomic E-state index is 12.8. The molecule has 0 spiro atoms. The fraction of sp³-hybridized carbons (Fsp3) is 0.318. The van der Waals surface area contributed by atoms with Crippen molar-refractivity contribution in [2.75, 3.05) is 18.9 Å². The second-order valence-corrected chi connectivity index (χ2v) is 7.46. The zero-order valence-corrected chi connectivity index (χ0v) is 18.0. The fourth-order valence-corrected chi connectivity index (χ4v) is 3.30. The summed E-state index contributed by atoms with van der Waals surface area (Å²) in [6.45, 7) is 5.99. The Morgan fingerprint density at radius 1 is 1.23 bits per heavy atom. The molecule has 0 saturated heterocycles. The van der Waals surface area contributed by atoms with E-state index in [1.165, 1.54) is 28.8 Å². The van der Waals surface area contributed by atoms with E-state index in [-0.39, 0.29) is 29.0 Å². The quantitative estimate of drug-likeness (QED) is 0.627. The third-order valence-electron chi connectivity index (χ3n) is 5.13. The van der Waals surface area contributed by atoms with Crippen molar-refractivity contribution in [3.8, 4) is 0 Å². The number of fused-ring (bicyclic) bond motifs is 1. The first-order chi connectivity index (χ1) is 14.7. The number of benzene rings is 1. The molecule has 3 rings (SSSR count). The van der Waals surface area contributed by atoms with Gasteiger partial charge in [0.05, 0.1) is 17.5 Å². The lowest BCUT2D eigenvalue weighted by molar-refractivity contribution is -0.116. The molecular formula is C22H25N5O4. The van der Waals surface area contributed by atoms with Crippen LogP contribution in [0.15, 0.2) is 40.1 Å². The normalized spacial score (nSPS) is 10.8. The second kappa shape index (κ2) is 8.95. The van der Waals surface area contributed by atoms with Crippen molar-refractivity contribution >= 4 is 28.5 Å². The highest BCUT2D eigenvalue weighted by molar-refractivity contribution is 6.00. The van der Waals surface area contributed by atoms with Crippen molar-refractivity contribution in [2.45, 2.75) is 33.7 Å². The highest BCUT2D eigenvalue weighted by atomic mass is 16.2. The number of likely N-dealkylation sites (N-methyl/N-ethyl adjacent to an activating group) is 1. The monoisotopic (exact) mass is 423 g/mol. The molecule has 2 aromatic heterocycles. The van der Waals surface area contributed by atoms with Crippen molar-refractivity contribution in [3.05, 3.63) is 68.0 Å². The summed E-state index contributed by atoms with van der Waals surface area (Å²) < 4.78 is 1.37. The summed E-state index contributed by atoms with van der Waals surface area (Å²) in [6, 6.07) is 7.00. The number of carbonyl (C=O) groups is 2. The predicted molar refractivity (Wildman–Crippen MR) is 118 cm³/mol. The number of amides is 2. The fourth-order valence-electron chi connectivity index (χ4n) is 3.30. The first kappa shape index (κ1) is 21.9. The number of nitrogens with zero attached hydrogens (tertiary/aromatic N) is 3. The number of rotatable bonds is 6.